The standard InChI is InChI=1S/C13H18N2OS/c16-17-8-6-15(7-9-17)10-12-3-1-2-11-4-5-14-13(11)12/h1-3,14H,4-10H2. The van der Waals surface area contributed by atoms with Crippen molar-refractivity contribution < 1.29 is 4.21 Å². The van der Waals surface area contributed by atoms with Gasteiger partial charge in [0.2, 0.25) is 0 Å². The highest BCUT2D eigenvalue weighted by molar-refractivity contribution is 7.85. The zero-order valence-corrected chi connectivity index (χ0v) is 10.8. The molecule has 4 heteroatoms. The molecule has 0 bridgehead atoms. The molecular formula is C13H18N2OS. The predicted octanol–water partition coefficient (Wildman–Crippen LogP) is 1.22. The van der Waals surface area contributed by atoms with Crippen LogP contribution < -0.4 is 5.32 Å². The number of rotatable bonds is 2. The number of nitrogens with zero attached hydrogens (tertiary/aromatic N) is 1. The molecule has 0 unspecified atom stereocenters. The molecular weight excluding hydrogens is 232 g/mol. The van der Waals surface area contributed by atoms with Crippen LogP contribution in [-0.4, -0.2) is 40.2 Å². The quantitative estimate of drug-likeness (QED) is 0.856. The van der Waals surface area contributed by atoms with E-state index >= 15 is 0 Å². The number of hydrogen-bond acceptors (Lipinski definition) is 3. The summed E-state index contributed by atoms with van der Waals surface area (Å²) in [5.74, 6) is 1.67. The summed E-state index contributed by atoms with van der Waals surface area (Å²) in [6.07, 6.45) is 1.15. The van der Waals surface area contributed by atoms with Crippen molar-refractivity contribution in [3.8, 4) is 0 Å². The fourth-order valence-electron chi connectivity index (χ4n) is 2.62. The Bertz CT molecular complexity index is 437. The maximum absolute atomic E-state index is 11.3. The van der Waals surface area contributed by atoms with Crippen molar-refractivity contribution in [1.29, 1.82) is 0 Å². The van der Waals surface area contributed by atoms with E-state index in [0.717, 1.165) is 44.1 Å². The van der Waals surface area contributed by atoms with Gasteiger partial charge in [-0.3, -0.25) is 9.11 Å². The van der Waals surface area contributed by atoms with E-state index < -0.39 is 10.8 Å². The second-order valence-electron chi connectivity index (χ2n) is 4.75. The molecule has 1 fully saturated rings. The van der Waals surface area contributed by atoms with Gasteiger partial charge in [-0.15, -0.1) is 0 Å². The van der Waals surface area contributed by atoms with Crippen molar-refractivity contribution >= 4 is 16.5 Å². The summed E-state index contributed by atoms with van der Waals surface area (Å²) in [4.78, 5) is 2.41. The van der Waals surface area contributed by atoms with Gasteiger partial charge in [0.1, 0.15) is 0 Å². The second kappa shape index (κ2) is 4.78. The Kier molecular flexibility index (Phi) is 3.16. The first kappa shape index (κ1) is 11.2. The molecule has 92 valence electrons. The maximum atomic E-state index is 11.3. The Morgan fingerprint density at radius 2 is 2.12 bits per heavy atom. The minimum atomic E-state index is -0.575. The molecule has 1 aromatic rings. The van der Waals surface area contributed by atoms with Gasteiger partial charge in [-0.05, 0) is 17.5 Å². The lowest BCUT2D eigenvalue weighted by Gasteiger charge is -2.26. The highest BCUT2D eigenvalue weighted by Gasteiger charge is 2.18. The van der Waals surface area contributed by atoms with Crippen LogP contribution >= 0.6 is 0 Å². The average molecular weight is 250 g/mol. The number of benzene rings is 1. The van der Waals surface area contributed by atoms with Gasteiger partial charge in [0.25, 0.3) is 0 Å². The number of anilines is 1. The summed E-state index contributed by atoms with van der Waals surface area (Å²) in [5.41, 5.74) is 4.19. The third-order valence-electron chi connectivity index (χ3n) is 3.60. The summed E-state index contributed by atoms with van der Waals surface area (Å²) in [6, 6.07) is 6.58. The smallest absolute Gasteiger partial charge is 0.0419 e. The third-order valence-corrected chi connectivity index (χ3v) is 4.87. The minimum Gasteiger partial charge on any atom is -0.384 e. The molecule has 0 saturated carbocycles. The molecule has 1 saturated heterocycles. The van der Waals surface area contributed by atoms with Crippen LogP contribution in [0.3, 0.4) is 0 Å². The van der Waals surface area contributed by atoms with Crippen LogP contribution in [0, 0.1) is 0 Å². The molecule has 2 aliphatic rings. The van der Waals surface area contributed by atoms with E-state index in [2.05, 4.69) is 28.4 Å². The first-order valence-electron chi connectivity index (χ1n) is 6.25. The first-order chi connectivity index (χ1) is 8.33. The Balaban J connectivity index is 1.73. The van der Waals surface area contributed by atoms with Crippen LogP contribution in [0.5, 0.6) is 0 Å². The van der Waals surface area contributed by atoms with E-state index in [4.69, 9.17) is 0 Å². The molecule has 1 aromatic carbocycles. The van der Waals surface area contributed by atoms with Crippen molar-refractivity contribution in [1.82, 2.24) is 4.90 Å². The Labute approximate surface area is 105 Å². The van der Waals surface area contributed by atoms with Crippen molar-refractivity contribution in [3.05, 3.63) is 29.3 Å². The number of fused-ring (bicyclic) bond motifs is 1. The van der Waals surface area contributed by atoms with Crippen LogP contribution in [0.2, 0.25) is 0 Å². The fraction of sp³-hybridized carbons (Fsp3) is 0.538. The normalized spacial score (nSPS) is 21.2. The van der Waals surface area contributed by atoms with E-state index in [-0.39, 0.29) is 0 Å². The van der Waals surface area contributed by atoms with E-state index in [9.17, 15) is 4.21 Å². The highest BCUT2D eigenvalue weighted by atomic mass is 32.2. The Morgan fingerprint density at radius 1 is 1.29 bits per heavy atom. The van der Waals surface area contributed by atoms with Crippen LogP contribution in [0.15, 0.2) is 18.2 Å². The summed E-state index contributed by atoms with van der Waals surface area (Å²) >= 11 is 0. The molecule has 0 amide bonds. The van der Waals surface area contributed by atoms with E-state index in [1.54, 1.807) is 0 Å². The molecule has 0 radical (unpaired) electrons. The van der Waals surface area contributed by atoms with Crippen LogP contribution in [0.25, 0.3) is 0 Å². The highest BCUT2D eigenvalue weighted by Crippen LogP contribution is 2.27. The molecule has 0 atom stereocenters. The van der Waals surface area contributed by atoms with Crippen LogP contribution in [-0.2, 0) is 23.8 Å². The first-order valence-corrected chi connectivity index (χ1v) is 7.74. The maximum Gasteiger partial charge on any atom is 0.0419 e. The van der Waals surface area contributed by atoms with Gasteiger partial charge in [-0.25, -0.2) is 0 Å². The van der Waals surface area contributed by atoms with Crippen LogP contribution in [0.4, 0.5) is 5.69 Å². The molecule has 0 spiro atoms. The van der Waals surface area contributed by atoms with E-state index in [0.29, 0.717) is 0 Å². The van der Waals surface area contributed by atoms with E-state index in [1.807, 2.05) is 0 Å². The van der Waals surface area contributed by atoms with Gasteiger partial charge in [0, 0.05) is 54.2 Å². The lowest BCUT2D eigenvalue weighted by Crippen LogP contribution is -2.37. The molecule has 3 nitrogen and oxygen atoms in total. The lowest BCUT2D eigenvalue weighted by molar-refractivity contribution is 0.292. The molecule has 3 rings (SSSR count). The lowest BCUT2D eigenvalue weighted by atomic mass is 10.1. The van der Waals surface area contributed by atoms with E-state index in [1.165, 1.54) is 16.8 Å². The summed E-state index contributed by atoms with van der Waals surface area (Å²) < 4.78 is 11.3. The number of hydrogen-bond donors (Lipinski definition) is 1. The number of nitrogens with one attached hydrogen (secondary N) is 1. The van der Waals surface area contributed by atoms with Gasteiger partial charge in [0.05, 0.1) is 0 Å². The van der Waals surface area contributed by atoms with Gasteiger partial charge in [0.15, 0.2) is 0 Å². The third kappa shape index (κ3) is 2.38. The zero-order valence-electron chi connectivity index (χ0n) is 9.95. The monoisotopic (exact) mass is 250 g/mol. The Hall–Kier alpha value is -0.870. The van der Waals surface area contributed by atoms with Gasteiger partial charge < -0.3 is 5.32 Å². The number of para-hydroxylation sites is 1. The minimum absolute atomic E-state index is 0.575. The SMILES string of the molecule is O=S1CCN(Cc2cccc3c2NCC3)CC1. The van der Waals surface area contributed by atoms with Crippen molar-refractivity contribution in [2.45, 2.75) is 13.0 Å². The molecule has 2 heterocycles. The van der Waals surface area contributed by atoms with Crippen molar-refractivity contribution in [2.24, 2.45) is 0 Å². The molecule has 2 aliphatic heterocycles. The van der Waals surface area contributed by atoms with Gasteiger partial charge in [-0.2, -0.15) is 0 Å². The fourth-order valence-corrected chi connectivity index (χ4v) is 3.75. The molecule has 0 aliphatic carbocycles. The van der Waals surface area contributed by atoms with Gasteiger partial charge in [-0.1, -0.05) is 18.2 Å². The second-order valence-corrected chi connectivity index (χ2v) is 6.45. The molecule has 1 N–H and O–H groups in total. The average Bonchev–Trinajstić information content (AvgIpc) is 2.81. The zero-order chi connectivity index (χ0) is 11.7. The summed E-state index contributed by atoms with van der Waals surface area (Å²) in [6.45, 7) is 4.00. The molecule has 0 aromatic heterocycles. The largest absolute Gasteiger partial charge is 0.384 e. The summed E-state index contributed by atoms with van der Waals surface area (Å²) in [5, 5.41) is 3.48. The topological polar surface area (TPSA) is 32.3 Å². The predicted molar refractivity (Wildman–Crippen MR) is 71.8 cm³/mol. The van der Waals surface area contributed by atoms with Crippen molar-refractivity contribution in [2.75, 3.05) is 36.5 Å². The van der Waals surface area contributed by atoms with Crippen LogP contribution in [0.1, 0.15) is 11.1 Å². The van der Waals surface area contributed by atoms with Gasteiger partial charge >= 0.3 is 0 Å². The molecule has 17 heavy (non-hydrogen) atoms. The summed E-state index contributed by atoms with van der Waals surface area (Å²) in [7, 11) is -0.575. The Morgan fingerprint density at radius 3 is 2.94 bits per heavy atom. The van der Waals surface area contributed by atoms with Crippen molar-refractivity contribution in [3.63, 3.8) is 0 Å².